The van der Waals surface area contributed by atoms with E-state index in [0.29, 0.717) is 40.7 Å². The number of rotatable bonds is 11. The second-order valence-corrected chi connectivity index (χ2v) is 12.6. The van der Waals surface area contributed by atoms with Crippen LogP contribution in [0.2, 0.25) is 5.02 Å². The Morgan fingerprint density at radius 3 is 2.77 bits per heavy atom. The topological polar surface area (TPSA) is 144 Å². The van der Waals surface area contributed by atoms with Crippen LogP contribution < -0.4 is 14.4 Å². The maximum absolute atomic E-state index is 13.8. The van der Waals surface area contributed by atoms with Crippen molar-refractivity contribution < 1.29 is 27.4 Å². The number of hydrogen-bond donors (Lipinski definition) is 2. The van der Waals surface area contributed by atoms with E-state index in [1.54, 1.807) is 31.4 Å². The number of carbonyl (C=O) groups is 1. The van der Waals surface area contributed by atoms with Crippen molar-refractivity contribution in [2.45, 2.75) is 17.7 Å². The van der Waals surface area contributed by atoms with Crippen molar-refractivity contribution >= 4 is 49.8 Å². The van der Waals surface area contributed by atoms with Crippen LogP contribution in [0.3, 0.4) is 0 Å². The number of anilines is 2. The van der Waals surface area contributed by atoms with Crippen LogP contribution in [0.15, 0.2) is 72.0 Å². The average molecular weight is 640 g/mol. The first-order valence-corrected chi connectivity index (χ1v) is 15.5. The molecule has 3 heterocycles. The molecule has 0 unspecified atom stereocenters. The van der Waals surface area contributed by atoms with Gasteiger partial charge in [0.25, 0.3) is 15.9 Å². The minimum Gasteiger partial charge on any atom is -0.493 e. The summed E-state index contributed by atoms with van der Waals surface area (Å²) in [5.74, 6) is 0.436. The van der Waals surface area contributed by atoms with Crippen molar-refractivity contribution in [2.24, 2.45) is 13.0 Å². The highest BCUT2D eigenvalue weighted by Crippen LogP contribution is 2.31. The molecular weight excluding hydrogens is 613 g/mol. The molecule has 0 radical (unpaired) electrons. The van der Waals surface area contributed by atoms with Gasteiger partial charge in [0.15, 0.2) is 5.82 Å². The summed E-state index contributed by atoms with van der Waals surface area (Å²) >= 11 is 5.84. The molecule has 1 fully saturated rings. The molecule has 0 aliphatic heterocycles. The zero-order valence-electron chi connectivity index (χ0n) is 23.4. The van der Waals surface area contributed by atoms with Crippen molar-refractivity contribution in [1.82, 2.24) is 24.5 Å². The van der Waals surface area contributed by atoms with E-state index >= 15 is 0 Å². The number of aromatic nitrogens is 5. The summed E-state index contributed by atoms with van der Waals surface area (Å²) in [5, 5.41) is 21.4. The van der Waals surface area contributed by atoms with Crippen LogP contribution in [0.1, 0.15) is 23.3 Å². The molecule has 2 N–H and O–H groups in total. The third-order valence-corrected chi connectivity index (χ3v) is 9.15. The average Bonchev–Trinajstić information content (AvgIpc) is 3.57. The summed E-state index contributed by atoms with van der Waals surface area (Å²) < 4.78 is 50.7. The Hall–Kier alpha value is -4.53. The first kappa shape index (κ1) is 29.5. The van der Waals surface area contributed by atoms with Crippen molar-refractivity contribution in [1.29, 1.82) is 0 Å². The lowest BCUT2D eigenvalue weighted by Crippen LogP contribution is -2.33. The molecule has 44 heavy (non-hydrogen) atoms. The quantitative estimate of drug-likeness (QED) is 0.219. The van der Waals surface area contributed by atoms with Crippen molar-refractivity contribution in [3.63, 3.8) is 0 Å². The fourth-order valence-corrected chi connectivity index (χ4v) is 6.22. The lowest BCUT2D eigenvalue weighted by atomic mass is 10.1. The number of aliphatic hydroxyl groups excluding tert-OH is 1. The molecule has 0 spiro atoms. The van der Waals surface area contributed by atoms with E-state index in [0.717, 1.165) is 23.2 Å². The fourth-order valence-electron chi connectivity index (χ4n) is 4.66. The highest BCUT2D eigenvalue weighted by molar-refractivity contribution is 7.92. The van der Waals surface area contributed by atoms with Gasteiger partial charge in [0, 0.05) is 30.4 Å². The Kier molecular flexibility index (Phi) is 7.97. The lowest BCUT2D eigenvalue weighted by Gasteiger charge is -2.22. The van der Waals surface area contributed by atoms with Gasteiger partial charge in [-0.15, -0.1) is 0 Å². The summed E-state index contributed by atoms with van der Waals surface area (Å²) in [6.07, 6.45) is 6.43. The smallest absolute Gasteiger partial charge is 0.274 e. The number of pyridine rings is 1. The van der Waals surface area contributed by atoms with Crippen LogP contribution in [0.4, 0.5) is 15.8 Å². The minimum absolute atomic E-state index is 0.115. The Balaban J connectivity index is 1.27. The van der Waals surface area contributed by atoms with E-state index in [9.17, 15) is 22.7 Å². The third-order valence-electron chi connectivity index (χ3n) is 7.08. The number of nitrogens with zero attached hydrogens (tertiary/aromatic N) is 6. The number of sulfonamides is 1. The SMILES string of the molecule is Cn1nc2cc(N(CCO)S(=O)(=O)c3cnn(-c4cc(OCC5CC5)ccn4)c3)ccc2c1C(=O)Nc1ccc(F)c(Cl)c1. The molecule has 1 aliphatic carbocycles. The Morgan fingerprint density at radius 2 is 2.02 bits per heavy atom. The molecule has 5 aromatic rings. The van der Waals surface area contributed by atoms with Crippen LogP contribution in [0, 0.1) is 11.7 Å². The molecule has 1 amide bonds. The maximum Gasteiger partial charge on any atom is 0.274 e. The van der Waals surface area contributed by atoms with Gasteiger partial charge in [-0.25, -0.2) is 22.5 Å². The number of amides is 1. The van der Waals surface area contributed by atoms with Crippen molar-refractivity contribution in [3.8, 4) is 11.6 Å². The maximum atomic E-state index is 13.8. The summed E-state index contributed by atoms with van der Waals surface area (Å²) in [6, 6.07) is 11.8. The number of halogens is 2. The van der Waals surface area contributed by atoms with Crippen LogP contribution >= 0.6 is 11.6 Å². The van der Waals surface area contributed by atoms with E-state index in [4.69, 9.17) is 16.3 Å². The van der Waals surface area contributed by atoms with Crippen molar-refractivity contribution in [2.75, 3.05) is 29.4 Å². The zero-order chi connectivity index (χ0) is 31.0. The van der Waals surface area contributed by atoms with Crippen LogP contribution in [-0.2, 0) is 17.1 Å². The van der Waals surface area contributed by atoms with Gasteiger partial charge in [0.1, 0.15) is 22.2 Å². The van der Waals surface area contributed by atoms with Crippen LogP contribution in [0.25, 0.3) is 16.7 Å². The van der Waals surface area contributed by atoms with E-state index < -0.39 is 28.4 Å². The minimum atomic E-state index is -4.19. The largest absolute Gasteiger partial charge is 0.493 e. The molecular formula is C29H27ClFN7O5S. The Labute approximate surface area is 256 Å². The number of nitrogens with one attached hydrogen (secondary N) is 1. The number of benzene rings is 2. The standard InChI is InChI=1S/C29H27ClFN7O5S/c1-36-28(29(40)34-19-4-7-25(31)24(30)12-19)23-6-5-20(13-26(23)35-36)38(10-11-39)44(41,42)22-15-33-37(16-22)27-14-21(8-9-32-27)43-17-18-2-3-18/h4-9,12-16,18,39H,2-3,10-11,17H2,1H3,(H,34,40). The fraction of sp³-hybridized carbons (Fsp3) is 0.241. The monoisotopic (exact) mass is 639 g/mol. The summed E-state index contributed by atoms with van der Waals surface area (Å²) in [4.78, 5) is 17.3. The third kappa shape index (κ3) is 5.96. The highest BCUT2D eigenvalue weighted by Gasteiger charge is 2.28. The Bertz CT molecular complexity index is 1980. The van der Waals surface area contributed by atoms with Gasteiger partial charge in [0.05, 0.1) is 48.4 Å². The first-order chi connectivity index (χ1) is 21.1. The summed E-state index contributed by atoms with van der Waals surface area (Å²) in [5.41, 5.74) is 1.05. The number of aryl methyl sites for hydroxylation is 1. The molecule has 6 rings (SSSR count). The zero-order valence-corrected chi connectivity index (χ0v) is 25.0. The summed E-state index contributed by atoms with van der Waals surface area (Å²) in [6.45, 7) is -0.0785. The molecule has 0 bridgehead atoms. The van der Waals surface area contributed by atoms with Gasteiger partial charge in [-0.2, -0.15) is 10.2 Å². The number of ether oxygens (including phenoxy) is 1. The molecule has 0 saturated heterocycles. The molecule has 0 atom stereocenters. The van der Waals surface area contributed by atoms with Gasteiger partial charge in [-0.1, -0.05) is 11.6 Å². The molecule has 2 aromatic carbocycles. The summed E-state index contributed by atoms with van der Waals surface area (Å²) in [7, 11) is -2.62. The van der Waals surface area contributed by atoms with Gasteiger partial charge >= 0.3 is 0 Å². The molecule has 12 nitrogen and oxygen atoms in total. The molecule has 15 heteroatoms. The molecule has 228 valence electrons. The number of carbonyl (C=O) groups excluding carboxylic acids is 1. The van der Waals surface area contributed by atoms with E-state index in [1.165, 1.54) is 46.0 Å². The highest BCUT2D eigenvalue weighted by atomic mass is 35.5. The predicted molar refractivity (Wildman–Crippen MR) is 161 cm³/mol. The van der Waals surface area contributed by atoms with Crippen LogP contribution in [-0.4, -0.2) is 63.7 Å². The first-order valence-electron chi connectivity index (χ1n) is 13.6. The van der Waals surface area contributed by atoms with Gasteiger partial charge in [-0.05, 0) is 61.2 Å². The normalized spacial score (nSPS) is 13.3. The number of hydrogen-bond acceptors (Lipinski definition) is 8. The van der Waals surface area contributed by atoms with Gasteiger partial charge in [-0.3, -0.25) is 13.8 Å². The number of fused-ring (bicyclic) bond motifs is 1. The molecule has 1 aliphatic rings. The van der Waals surface area contributed by atoms with E-state index in [-0.39, 0.29) is 27.8 Å². The number of aliphatic hydroxyl groups is 1. The molecule has 1 saturated carbocycles. The predicted octanol–water partition coefficient (Wildman–Crippen LogP) is 4.18. The second-order valence-electron chi connectivity index (χ2n) is 10.3. The van der Waals surface area contributed by atoms with Gasteiger partial charge in [0.2, 0.25) is 0 Å². The Morgan fingerprint density at radius 1 is 1.20 bits per heavy atom. The van der Waals surface area contributed by atoms with E-state index in [1.807, 2.05) is 0 Å². The lowest BCUT2D eigenvalue weighted by molar-refractivity contribution is 0.101. The second kappa shape index (κ2) is 11.9. The van der Waals surface area contributed by atoms with Crippen LogP contribution in [0.5, 0.6) is 5.75 Å². The van der Waals surface area contributed by atoms with E-state index in [2.05, 4.69) is 20.5 Å². The van der Waals surface area contributed by atoms with Crippen molar-refractivity contribution in [3.05, 3.63) is 83.7 Å². The van der Waals surface area contributed by atoms with Gasteiger partial charge < -0.3 is 15.2 Å². The molecule has 3 aromatic heterocycles.